The molecule has 1 unspecified atom stereocenters. The predicted molar refractivity (Wildman–Crippen MR) is 160 cm³/mol. The number of rotatable bonds is 9. The number of alkyl halides is 1. The Balaban J connectivity index is 1.59. The first-order chi connectivity index (χ1) is 19.0. The molecular weight excluding hydrogens is 572 g/mol. The van der Waals surface area contributed by atoms with Gasteiger partial charge in [0.15, 0.2) is 0 Å². The summed E-state index contributed by atoms with van der Waals surface area (Å²) in [7, 11) is 0. The summed E-state index contributed by atoms with van der Waals surface area (Å²) >= 11 is 3.42. The Morgan fingerprint density at radius 1 is 1.00 bits per heavy atom. The maximum Gasteiger partial charge on any atom is 0.312 e. The van der Waals surface area contributed by atoms with Crippen LogP contribution in [0.3, 0.4) is 0 Å². The van der Waals surface area contributed by atoms with Crippen LogP contribution in [0.15, 0.2) is 42.5 Å². The predicted octanol–water partition coefficient (Wildman–Crippen LogP) is 7.73. The van der Waals surface area contributed by atoms with Gasteiger partial charge in [-0.2, -0.15) is 0 Å². The molecule has 0 amide bonds. The maximum atomic E-state index is 13.4. The summed E-state index contributed by atoms with van der Waals surface area (Å²) in [6.07, 6.45) is 7.38. The van der Waals surface area contributed by atoms with Crippen LogP contribution in [0.5, 0.6) is 11.5 Å². The average Bonchev–Trinajstić information content (AvgIpc) is 2.89. The zero-order chi connectivity index (χ0) is 29.1. The van der Waals surface area contributed by atoms with Gasteiger partial charge in [0.2, 0.25) is 0 Å². The van der Waals surface area contributed by atoms with Gasteiger partial charge in [0.1, 0.15) is 11.5 Å². The molecule has 0 aromatic heterocycles. The number of carbonyl (C=O) groups excluding carboxylic acids is 3. The van der Waals surface area contributed by atoms with E-state index in [1.807, 2.05) is 18.2 Å². The Morgan fingerprint density at radius 3 is 2.33 bits per heavy atom. The number of hydrogen-bond donors (Lipinski definition) is 0. The summed E-state index contributed by atoms with van der Waals surface area (Å²) in [5.41, 5.74) is 1.87. The first kappa shape index (κ1) is 30.3. The van der Waals surface area contributed by atoms with Crippen molar-refractivity contribution in [2.75, 3.05) is 11.9 Å². The van der Waals surface area contributed by atoms with Gasteiger partial charge >= 0.3 is 17.9 Å². The molecule has 216 valence electrons. The molecule has 0 heterocycles. The zero-order valence-electron chi connectivity index (χ0n) is 24.1. The fraction of sp³-hybridized carbons (Fsp3) is 0.545. The van der Waals surface area contributed by atoms with Crippen molar-refractivity contribution in [3.63, 3.8) is 0 Å². The van der Waals surface area contributed by atoms with Gasteiger partial charge in [0.05, 0.1) is 12.0 Å². The van der Waals surface area contributed by atoms with Gasteiger partial charge in [-0.25, -0.2) is 0 Å². The molecule has 2 aromatic carbocycles. The highest BCUT2D eigenvalue weighted by Gasteiger charge is 2.57. The van der Waals surface area contributed by atoms with Crippen molar-refractivity contribution in [3.05, 3.63) is 48.0 Å². The largest absolute Gasteiger partial charge is 0.465 e. The van der Waals surface area contributed by atoms with Gasteiger partial charge < -0.3 is 14.2 Å². The molecule has 6 nitrogen and oxygen atoms in total. The molecule has 2 aliphatic carbocycles. The first-order valence-corrected chi connectivity index (χ1v) is 15.4. The monoisotopic (exact) mass is 612 g/mol. The van der Waals surface area contributed by atoms with Gasteiger partial charge in [-0.3, -0.25) is 14.4 Å². The van der Waals surface area contributed by atoms with Gasteiger partial charge in [0, 0.05) is 30.0 Å². The lowest BCUT2D eigenvalue weighted by molar-refractivity contribution is -0.171. The average molecular weight is 614 g/mol. The molecule has 7 heteroatoms. The number of carbonyl (C=O) groups is 3. The summed E-state index contributed by atoms with van der Waals surface area (Å²) in [4.78, 5) is 36.8. The van der Waals surface area contributed by atoms with Crippen LogP contribution in [0.1, 0.15) is 78.2 Å². The van der Waals surface area contributed by atoms with Gasteiger partial charge in [-0.1, -0.05) is 53.6 Å². The van der Waals surface area contributed by atoms with Gasteiger partial charge in [-0.15, -0.1) is 0 Å². The van der Waals surface area contributed by atoms with Crippen LogP contribution in [0.25, 0.3) is 10.8 Å². The minimum absolute atomic E-state index is 0.0287. The summed E-state index contributed by atoms with van der Waals surface area (Å²) in [5, 5.41) is 2.27. The second-order valence-corrected chi connectivity index (χ2v) is 12.7. The van der Waals surface area contributed by atoms with E-state index in [9.17, 15) is 14.4 Å². The lowest BCUT2D eigenvalue weighted by Gasteiger charge is -2.57. The van der Waals surface area contributed by atoms with Crippen molar-refractivity contribution < 1.29 is 28.6 Å². The van der Waals surface area contributed by atoms with E-state index in [0.29, 0.717) is 23.5 Å². The molecule has 0 N–H and O–H groups in total. The minimum Gasteiger partial charge on any atom is -0.465 e. The highest BCUT2D eigenvalue weighted by molar-refractivity contribution is 9.09. The SMILES string of the molecule is C=C1CCC2[C@](C)(CCC[C@]2(C)C(=O)OCCCBr)[C@H]1CCc1ccc2c(OC(C)=O)ccc(OC(C)=O)c2c1. The molecule has 2 aliphatic rings. The van der Waals surface area contributed by atoms with Crippen LogP contribution in [0.4, 0.5) is 0 Å². The number of aryl methyl sites for hydroxylation is 1. The lowest BCUT2D eigenvalue weighted by atomic mass is 9.46. The Labute approximate surface area is 245 Å². The smallest absolute Gasteiger partial charge is 0.312 e. The Bertz CT molecular complexity index is 1300. The minimum atomic E-state index is -0.479. The van der Waals surface area contributed by atoms with Crippen LogP contribution >= 0.6 is 15.9 Å². The maximum absolute atomic E-state index is 13.4. The van der Waals surface area contributed by atoms with Crippen molar-refractivity contribution in [1.82, 2.24) is 0 Å². The van der Waals surface area contributed by atoms with E-state index in [1.54, 1.807) is 12.1 Å². The quantitative estimate of drug-likeness (QED) is 0.0947. The molecule has 2 fully saturated rings. The standard InChI is InChI=1S/C33H41BrO6/c1-21-8-15-30-32(4,16-6-17-33(30,5)31(37)38-19-7-18-34)27(21)12-10-24-9-11-25-26(20-24)29(40-23(3)36)14-13-28(25)39-22(2)35/h9,11,13-14,20,27,30H,1,6-8,10,12,15-19H2,2-5H3/t27-,30?,32+,33-/m0/s1. The molecule has 0 spiro atoms. The zero-order valence-corrected chi connectivity index (χ0v) is 25.7. The highest BCUT2D eigenvalue weighted by atomic mass is 79.9. The molecule has 0 radical (unpaired) electrons. The summed E-state index contributed by atoms with van der Waals surface area (Å²) in [6.45, 7) is 12.2. The van der Waals surface area contributed by atoms with Crippen molar-refractivity contribution in [2.24, 2.45) is 22.7 Å². The van der Waals surface area contributed by atoms with E-state index < -0.39 is 17.4 Å². The molecular formula is C33H41BrO6. The van der Waals surface area contributed by atoms with Gasteiger partial charge in [-0.05, 0) is 92.9 Å². The van der Waals surface area contributed by atoms with E-state index in [4.69, 9.17) is 14.2 Å². The molecule has 0 saturated heterocycles. The molecule has 4 atom stereocenters. The van der Waals surface area contributed by atoms with Crippen molar-refractivity contribution in [3.8, 4) is 11.5 Å². The summed E-state index contributed by atoms with van der Waals surface area (Å²) in [6, 6.07) is 9.32. The summed E-state index contributed by atoms with van der Waals surface area (Å²) in [5.74, 6) is 0.552. The second kappa shape index (κ2) is 12.5. The number of allylic oxidation sites excluding steroid dienone is 1. The van der Waals surface area contributed by atoms with Crippen LogP contribution in [0.2, 0.25) is 0 Å². The number of benzene rings is 2. The van der Waals surface area contributed by atoms with Crippen LogP contribution in [-0.4, -0.2) is 29.8 Å². The number of fused-ring (bicyclic) bond motifs is 2. The van der Waals surface area contributed by atoms with E-state index in [2.05, 4.69) is 36.4 Å². The third-order valence-corrected chi connectivity index (χ3v) is 9.79. The molecule has 0 aliphatic heterocycles. The third kappa shape index (κ3) is 6.14. The Hall–Kier alpha value is -2.67. The number of hydrogen-bond acceptors (Lipinski definition) is 6. The fourth-order valence-corrected chi connectivity index (χ4v) is 7.64. The summed E-state index contributed by atoms with van der Waals surface area (Å²) < 4.78 is 16.7. The Morgan fingerprint density at radius 2 is 1.68 bits per heavy atom. The lowest BCUT2D eigenvalue weighted by Crippen LogP contribution is -2.53. The third-order valence-electron chi connectivity index (χ3n) is 9.23. The number of ether oxygens (including phenoxy) is 3. The van der Waals surface area contributed by atoms with Crippen molar-refractivity contribution >= 4 is 44.6 Å². The number of esters is 3. The van der Waals surface area contributed by atoms with Crippen LogP contribution in [-0.2, 0) is 25.5 Å². The molecule has 2 saturated carbocycles. The number of halogens is 1. The topological polar surface area (TPSA) is 78.9 Å². The molecule has 0 bridgehead atoms. The molecule has 2 aromatic rings. The second-order valence-electron chi connectivity index (χ2n) is 11.9. The molecule has 4 rings (SSSR count). The highest BCUT2D eigenvalue weighted by Crippen LogP contribution is 2.62. The van der Waals surface area contributed by atoms with E-state index in [-0.39, 0.29) is 23.2 Å². The van der Waals surface area contributed by atoms with E-state index in [1.165, 1.54) is 19.4 Å². The van der Waals surface area contributed by atoms with Gasteiger partial charge in [0.25, 0.3) is 0 Å². The van der Waals surface area contributed by atoms with Crippen LogP contribution in [0, 0.1) is 22.7 Å². The molecule has 40 heavy (non-hydrogen) atoms. The Kier molecular flexibility index (Phi) is 9.44. The van der Waals surface area contributed by atoms with E-state index in [0.717, 1.165) is 67.6 Å². The van der Waals surface area contributed by atoms with Crippen molar-refractivity contribution in [2.45, 2.75) is 79.1 Å². The fourth-order valence-electron chi connectivity index (χ4n) is 7.41. The normalized spacial score (nSPS) is 26.2. The van der Waals surface area contributed by atoms with Crippen molar-refractivity contribution in [1.29, 1.82) is 0 Å². The van der Waals surface area contributed by atoms with Crippen LogP contribution < -0.4 is 9.47 Å². The first-order valence-electron chi connectivity index (χ1n) is 14.3. The van der Waals surface area contributed by atoms with E-state index >= 15 is 0 Å².